The molecule has 2 N–H and O–H groups in total. The summed E-state index contributed by atoms with van der Waals surface area (Å²) >= 11 is 0. The van der Waals surface area contributed by atoms with E-state index in [-0.39, 0.29) is 16.8 Å². The van der Waals surface area contributed by atoms with Crippen molar-refractivity contribution in [1.82, 2.24) is 0 Å². The zero-order chi connectivity index (χ0) is 22.5. The highest BCUT2D eigenvalue weighted by Crippen LogP contribution is 2.36. The van der Waals surface area contributed by atoms with Crippen molar-refractivity contribution in [1.29, 1.82) is 0 Å². The van der Waals surface area contributed by atoms with Crippen molar-refractivity contribution in [2.24, 2.45) is 0 Å². The zero-order valence-corrected chi connectivity index (χ0v) is 18.4. The van der Waals surface area contributed by atoms with Crippen LogP contribution in [0.3, 0.4) is 0 Å². The SMILES string of the molecule is COc1cc(C2[NH+](Cc3ccccc3)CC[NH+]2Cc2ccccc2)c([N+](=O)[O-])cc1OC. The summed E-state index contributed by atoms with van der Waals surface area (Å²) in [6.07, 6.45) is -0.101. The molecular weight excluding hydrogens is 406 g/mol. The van der Waals surface area contributed by atoms with Crippen molar-refractivity contribution >= 4 is 5.69 Å². The molecular formula is C25H29N3O4+2. The van der Waals surface area contributed by atoms with Gasteiger partial charge in [0, 0.05) is 17.2 Å². The van der Waals surface area contributed by atoms with Gasteiger partial charge in [0.2, 0.25) is 6.17 Å². The van der Waals surface area contributed by atoms with Gasteiger partial charge in [-0.2, -0.15) is 0 Å². The Morgan fingerprint density at radius 1 is 0.844 bits per heavy atom. The molecule has 0 amide bonds. The van der Waals surface area contributed by atoms with Gasteiger partial charge in [0.25, 0.3) is 5.69 Å². The monoisotopic (exact) mass is 435 g/mol. The topological polar surface area (TPSA) is 70.5 Å². The number of rotatable bonds is 8. The normalized spacial score (nSPS) is 20.1. The number of nitrogens with one attached hydrogen (secondary N) is 2. The van der Waals surface area contributed by atoms with E-state index in [1.165, 1.54) is 34.1 Å². The highest BCUT2D eigenvalue weighted by Gasteiger charge is 2.45. The van der Waals surface area contributed by atoms with Crippen LogP contribution in [0.4, 0.5) is 5.69 Å². The molecule has 7 nitrogen and oxygen atoms in total. The van der Waals surface area contributed by atoms with Crippen molar-refractivity contribution in [2.45, 2.75) is 19.3 Å². The Morgan fingerprint density at radius 3 is 1.75 bits per heavy atom. The fraction of sp³-hybridized carbons (Fsp3) is 0.280. The van der Waals surface area contributed by atoms with E-state index in [9.17, 15) is 10.1 Å². The second kappa shape index (κ2) is 9.80. The quantitative estimate of drug-likeness (QED) is 0.418. The molecule has 32 heavy (non-hydrogen) atoms. The van der Waals surface area contributed by atoms with Crippen molar-refractivity contribution in [2.75, 3.05) is 27.3 Å². The van der Waals surface area contributed by atoms with E-state index >= 15 is 0 Å². The lowest BCUT2D eigenvalue weighted by Gasteiger charge is -2.25. The highest BCUT2D eigenvalue weighted by molar-refractivity contribution is 5.54. The van der Waals surface area contributed by atoms with Crippen LogP contribution in [0.5, 0.6) is 11.5 Å². The van der Waals surface area contributed by atoms with Gasteiger partial charge in [-0.1, -0.05) is 60.7 Å². The Kier molecular flexibility index (Phi) is 6.68. The molecule has 0 bridgehead atoms. The first kappa shape index (κ1) is 21.8. The van der Waals surface area contributed by atoms with Crippen LogP contribution in [0.15, 0.2) is 72.8 Å². The first-order chi connectivity index (χ1) is 15.6. The van der Waals surface area contributed by atoms with E-state index in [0.29, 0.717) is 17.1 Å². The number of quaternary nitrogens is 2. The number of hydrogen-bond acceptors (Lipinski definition) is 4. The second-order valence-corrected chi connectivity index (χ2v) is 8.10. The van der Waals surface area contributed by atoms with E-state index in [2.05, 4.69) is 24.3 Å². The van der Waals surface area contributed by atoms with Gasteiger partial charge in [-0.25, -0.2) is 0 Å². The summed E-state index contributed by atoms with van der Waals surface area (Å²) < 4.78 is 10.9. The summed E-state index contributed by atoms with van der Waals surface area (Å²) in [6.45, 7) is 3.45. The summed E-state index contributed by atoms with van der Waals surface area (Å²) in [6, 6.07) is 23.9. The minimum Gasteiger partial charge on any atom is -0.493 e. The van der Waals surface area contributed by atoms with Crippen molar-refractivity contribution in [3.05, 3.63) is 99.6 Å². The Labute approximate surface area is 187 Å². The van der Waals surface area contributed by atoms with Crippen LogP contribution in [0, 0.1) is 10.1 Å². The summed E-state index contributed by atoms with van der Waals surface area (Å²) in [5, 5.41) is 12.1. The van der Waals surface area contributed by atoms with Crippen molar-refractivity contribution in [3.63, 3.8) is 0 Å². The first-order valence-electron chi connectivity index (χ1n) is 10.8. The van der Waals surface area contributed by atoms with Crippen LogP contribution in [0.1, 0.15) is 22.9 Å². The van der Waals surface area contributed by atoms with Crippen LogP contribution in [-0.4, -0.2) is 32.2 Å². The third kappa shape index (κ3) is 4.59. The van der Waals surface area contributed by atoms with Crippen molar-refractivity contribution < 1.29 is 24.2 Å². The smallest absolute Gasteiger partial charge is 0.289 e. The van der Waals surface area contributed by atoms with Gasteiger partial charge < -0.3 is 9.47 Å². The average molecular weight is 436 g/mol. The second-order valence-electron chi connectivity index (χ2n) is 8.10. The Hall–Kier alpha value is -3.42. The Balaban J connectivity index is 1.77. The third-order valence-corrected chi connectivity index (χ3v) is 6.17. The number of nitro groups is 1. The van der Waals surface area contributed by atoms with Gasteiger partial charge >= 0.3 is 0 Å². The molecule has 0 spiro atoms. The van der Waals surface area contributed by atoms with Gasteiger partial charge in [-0.15, -0.1) is 0 Å². The molecule has 0 saturated carbocycles. The summed E-state index contributed by atoms with van der Waals surface area (Å²) in [5.74, 6) is 0.883. The highest BCUT2D eigenvalue weighted by atomic mass is 16.6. The molecule has 1 aliphatic rings. The number of nitro benzene ring substituents is 1. The molecule has 1 heterocycles. The molecule has 4 rings (SSSR count). The van der Waals surface area contributed by atoms with Gasteiger partial charge in [-0.3, -0.25) is 19.9 Å². The summed E-state index contributed by atoms with van der Waals surface area (Å²) in [5.41, 5.74) is 3.20. The predicted molar refractivity (Wildman–Crippen MR) is 121 cm³/mol. The molecule has 3 aromatic carbocycles. The lowest BCUT2D eigenvalue weighted by Crippen LogP contribution is -3.22. The van der Waals surface area contributed by atoms with E-state index in [0.717, 1.165) is 26.2 Å². The van der Waals surface area contributed by atoms with Crippen LogP contribution in [-0.2, 0) is 13.1 Å². The standard InChI is InChI=1S/C25H27N3O4/c1-31-23-15-21(22(28(29)30)16-24(23)32-2)25-26(17-19-9-5-3-6-10-19)13-14-27(25)18-20-11-7-4-8-12-20/h3-12,15-16,25H,13-14,17-18H2,1-2H3/p+2. The van der Waals surface area contributed by atoms with Crippen LogP contribution < -0.4 is 19.3 Å². The maximum absolute atomic E-state index is 12.1. The third-order valence-electron chi connectivity index (χ3n) is 6.17. The van der Waals surface area contributed by atoms with Crippen LogP contribution in [0.25, 0.3) is 0 Å². The Morgan fingerprint density at radius 2 is 1.31 bits per heavy atom. The fourth-order valence-corrected chi connectivity index (χ4v) is 4.71. The maximum Gasteiger partial charge on any atom is 0.289 e. The van der Waals surface area contributed by atoms with E-state index < -0.39 is 0 Å². The molecule has 1 saturated heterocycles. The number of methoxy groups -OCH3 is 2. The molecule has 166 valence electrons. The number of nitrogens with zero attached hydrogens (tertiary/aromatic N) is 1. The summed E-state index contributed by atoms with van der Waals surface area (Å²) in [4.78, 5) is 14.4. The van der Waals surface area contributed by atoms with Gasteiger partial charge in [0.05, 0.1) is 25.2 Å². The molecule has 0 radical (unpaired) electrons. The largest absolute Gasteiger partial charge is 0.493 e. The molecule has 1 aliphatic heterocycles. The molecule has 0 aromatic heterocycles. The zero-order valence-electron chi connectivity index (χ0n) is 18.4. The molecule has 0 aliphatic carbocycles. The van der Waals surface area contributed by atoms with Gasteiger partial charge in [-0.05, 0) is 0 Å². The number of ether oxygens (including phenoxy) is 2. The average Bonchev–Trinajstić information content (AvgIpc) is 3.20. The van der Waals surface area contributed by atoms with Gasteiger partial charge in [0.15, 0.2) is 17.1 Å². The molecule has 1 fully saturated rings. The summed E-state index contributed by atoms with van der Waals surface area (Å²) in [7, 11) is 3.06. The molecule has 7 heteroatoms. The minimum atomic E-state index is -0.310. The Bertz CT molecular complexity index is 1010. The molecule has 2 atom stereocenters. The fourth-order valence-electron chi connectivity index (χ4n) is 4.71. The maximum atomic E-state index is 12.1. The van der Waals surface area contributed by atoms with Crippen LogP contribution in [0.2, 0.25) is 0 Å². The molecule has 2 unspecified atom stereocenters. The number of benzene rings is 3. The van der Waals surface area contributed by atoms with Crippen LogP contribution >= 0.6 is 0 Å². The first-order valence-corrected chi connectivity index (χ1v) is 10.8. The number of hydrogen-bond donors (Lipinski definition) is 2. The predicted octanol–water partition coefficient (Wildman–Crippen LogP) is 1.79. The van der Waals surface area contributed by atoms with Crippen molar-refractivity contribution in [3.8, 4) is 11.5 Å². The van der Waals surface area contributed by atoms with E-state index in [1.54, 1.807) is 13.2 Å². The van der Waals surface area contributed by atoms with Gasteiger partial charge in [0.1, 0.15) is 26.2 Å². The lowest BCUT2D eigenvalue weighted by molar-refractivity contribution is -1.09. The minimum absolute atomic E-state index is 0.0747. The molecule has 3 aromatic rings. The van der Waals surface area contributed by atoms with E-state index in [1.807, 2.05) is 36.4 Å². The lowest BCUT2D eigenvalue weighted by atomic mass is 10.1. The van der Waals surface area contributed by atoms with E-state index in [4.69, 9.17) is 9.47 Å².